The first-order valence-corrected chi connectivity index (χ1v) is 14.1. The molecular formula is C36H34N2O3. The van der Waals surface area contributed by atoms with Crippen molar-refractivity contribution in [3.05, 3.63) is 144 Å². The molecule has 0 spiro atoms. The molecule has 0 N–H and O–H groups in total. The van der Waals surface area contributed by atoms with Gasteiger partial charge in [-0.2, -0.15) is 5.26 Å². The highest BCUT2D eigenvalue weighted by Crippen LogP contribution is 2.57. The van der Waals surface area contributed by atoms with Crippen LogP contribution in [0.1, 0.15) is 55.4 Å². The van der Waals surface area contributed by atoms with Crippen LogP contribution in [0.2, 0.25) is 0 Å². The Morgan fingerprint density at radius 1 is 0.829 bits per heavy atom. The fourth-order valence-electron chi connectivity index (χ4n) is 6.54. The van der Waals surface area contributed by atoms with Crippen LogP contribution in [0.4, 0.5) is 0 Å². The maximum atomic E-state index is 14.8. The smallest absolute Gasteiger partial charge is 0.303 e. The molecule has 5 nitrogen and oxygen atoms in total. The van der Waals surface area contributed by atoms with Crippen LogP contribution in [0.3, 0.4) is 0 Å². The van der Waals surface area contributed by atoms with Crippen molar-refractivity contribution in [2.75, 3.05) is 6.54 Å². The third-order valence-corrected chi connectivity index (χ3v) is 8.19. The molecule has 1 unspecified atom stereocenters. The van der Waals surface area contributed by atoms with Gasteiger partial charge in [0.25, 0.3) is 0 Å². The largest absolute Gasteiger partial charge is 0.449 e. The quantitative estimate of drug-likeness (QED) is 0.214. The molecule has 206 valence electrons. The number of carbonyl (C=O) groups is 2. The van der Waals surface area contributed by atoms with Gasteiger partial charge in [-0.3, -0.25) is 9.59 Å². The van der Waals surface area contributed by atoms with E-state index in [1.54, 1.807) is 0 Å². The number of esters is 1. The minimum atomic E-state index is -1.50. The summed E-state index contributed by atoms with van der Waals surface area (Å²) in [5.41, 5.74) is -0.417. The second-order valence-corrected chi connectivity index (χ2v) is 10.7. The molecule has 41 heavy (non-hydrogen) atoms. The average molecular weight is 543 g/mol. The maximum Gasteiger partial charge on any atom is 0.303 e. The topological polar surface area (TPSA) is 70.4 Å². The number of amides is 1. The van der Waals surface area contributed by atoms with Crippen LogP contribution in [0, 0.1) is 16.7 Å². The fraction of sp³-hybridized carbons (Fsp3) is 0.250. The van der Waals surface area contributed by atoms with Crippen LogP contribution in [0.15, 0.2) is 121 Å². The number of hydrogen-bond acceptors (Lipinski definition) is 4. The van der Waals surface area contributed by atoms with Crippen LogP contribution >= 0.6 is 0 Å². The van der Waals surface area contributed by atoms with Gasteiger partial charge < -0.3 is 9.64 Å². The maximum absolute atomic E-state index is 14.8. The Hall–Kier alpha value is -4.69. The summed E-state index contributed by atoms with van der Waals surface area (Å²) in [6.07, 6.45) is 0.914. The van der Waals surface area contributed by atoms with Crippen molar-refractivity contribution in [1.29, 1.82) is 5.26 Å². The normalized spacial score (nSPS) is 18.1. The van der Waals surface area contributed by atoms with Gasteiger partial charge in [0, 0.05) is 37.4 Å². The number of rotatable bonds is 9. The molecule has 1 aliphatic heterocycles. The van der Waals surface area contributed by atoms with E-state index in [-0.39, 0.29) is 18.7 Å². The summed E-state index contributed by atoms with van der Waals surface area (Å²) in [6.45, 7) is 3.89. The van der Waals surface area contributed by atoms with E-state index in [0.29, 0.717) is 17.7 Å². The Bertz CT molecular complexity index is 1450. The van der Waals surface area contributed by atoms with Gasteiger partial charge in [-0.05, 0) is 17.5 Å². The summed E-state index contributed by atoms with van der Waals surface area (Å²) in [5.74, 6) is -0.739. The Labute approximate surface area is 242 Å². The number of nitriles is 1. The molecule has 5 heteroatoms. The first-order valence-electron chi connectivity index (χ1n) is 14.1. The number of benzene rings is 4. The van der Waals surface area contributed by atoms with Crippen LogP contribution in [0.25, 0.3) is 0 Å². The standard InChI is InChI=1S/C36H34N2O3/c1-3-24-38-33(40)34(27-37,25-35(38,29-16-8-4-9-17-29)30-18-10-5-11-19-30)26-36(41-28(2)39,31-20-12-6-13-21-31)32-22-14-7-15-23-32/h4-23H,3,24-26H2,1-2H3. The number of hydrogen-bond donors (Lipinski definition) is 0. The molecule has 1 atom stereocenters. The van der Waals surface area contributed by atoms with Gasteiger partial charge in [0.1, 0.15) is 5.41 Å². The predicted octanol–water partition coefficient (Wildman–Crippen LogP) is 6.98. The Balaban J connectivity index is 1.78. The van der Waals surface area contributed by atoms with E-state index in [1.807, 2.05) is 133 Å². The average Bonchev–Trinajstić information content (AvgIpc) is 3.27. The van der Waals surface area contributed by atoms with Gasteiger partial charge in [0.15, 0.2) is 5.60 Å². The highest BCUT2D eigenvalue weighted by Gasteiger charge is 2.64. The molecule has 0 aliphatic carbocycles. The number of ether oxygens (including phenoxy) is 1. The van der Waals surface area contributed by atoms with Crippen molar-refractivity contribution in [2.24, 2.45) is 5.41 Å². The third-order valence-electron chi connectivity index (χ3n) is 8.19. The zero-order valence-electron chi connectivity index (χ0n) is 23.5. The summed E-state index contributed by atoms with van der Waals surface area (Å²) >= 11 is 0. The zero-order valence-corrected chi connectivity index (χ0v) is 23.5. The van der Waals surface area contributed by atoms with Gasteiger partial charge in [0.2, 0.25) is 5.91 Å². The van der Waals surface area contributed by atoms with Crippen molar-refractivity contribution >= 4 is 11.9 Å². The molecule has 1 amide bonds. The molecule has 5 rings (SSSR count). The van der Waals surface area contributed by atoms with Crippen molar-refractivity contribution in [2.45, 2.75) is 44.2 Å². The summed E-state index contributed by atoms with van der Waals surface area (Å²) in [6, 6.07) is 41.3. The summed E-state index contributed by atoms with van der Waals surface area (Å²) in [7, 11) is 0. The van der Waals surface area contributed by atoms with Crippen molar-refractivity contribution in [3.8, 4) is 6.07 Å². The lowest BCUT2D eigenvalue weighted by Gasteiger charge is -2.40. The van der Waals surface area contributed by atoms with Crippen LogP contribution < -0.4 is 0 Å². The molecular weight excluding hydrogens is 508 g/mol. The fourth-order valence-corrected chi connectivity index (χ4v) is 6.54. The number of likely N-dealkylation sites (tertiary alicyclic amines) is 1. The lowest BCUT2D eigenvalue weighted by atomic mass is 9.67. The monoisotopic (exact) mass is 542 g/mol. The molecule has 0 bridgehead atoms. The summed E-state index contributed by atoms with van der Waals surface area (Å²) < 4.78 is 6.26. The van der Waals surface area contributed by atoms with Crippen molar-refractivity contribution in [1.82, 2.24) is 4.90 Å². The Kier molecular flexibility index (Phi) is 7.77. The van der Waals surface area contributed by atoms with Gasteiger partial charge in [-0.1, -0.05) is 128 Å². The molecule has 4 aromatic rings. The first-order chi connectivity index (χ1) is 19.9. The lowest BCUT2D eigenvalue weighted by molar-refractivity contribution is -0.158. The van der Waals surface area contributed by atoms with Gasteiger partial charge >= 0.3 is 5.97 Å². The highest BCUT2D eigenvalue weighted by atomic mass is 16.6. The van der Waals surface area contributed by atoms with Crippen LogP contribution in [-0.4, -0.2) is 23.3 Å². The predicted molar refractivity (Wildman–Crippen MR) is 158 cm³/mol. The molecule has 1 aliphatic rings. The lowest BCUT2D eigenvalue weighted by Crippen LogP contribution is -2.46. The van der Waals surface area contributed by atoms with Gasteiger partial charge in [0.05, 0.1) is 11.6 Å². The second-order valence-electron chi connectivity index (χ2n) is 10.7. The molecule has 1 heterocycles. The van der Waals surface area contributed by atoms with Gasteiger partial charge in [-0.15, -0.1) is 0 Å². The van der Waals surface area contributed by atoms with Crippen molar-refractivity contribution in [3.63, 3.8) is 0 Å². The van der Waals surface area contributed by atoms with E-state index in [9.17, 15) is 14.9 Å². The van der Waals surface area contributed by atoms with Crippen LogP contribution in [-0.2, 0) is 25.5 Å². The Morgan fingerprint density at radius 2 is 1.27 bits per heavy atom. The molecule has 0 aromatic heterocycles. The van der Waals surface area contributed by atoms with E-state index in [0.717, 1.165) is 17.5 Å². The minimum absolute atomic E-state index is 0.0232. The summed E-state index contributed by atoms with van der Waals surface area (Å²) in [4.78, 5) is 29.5. The van der Waals surface area contributed by atoms with E-state index in [4.69, 9.17) is 4.74 Å². The van der Waals surface area contributed by atoms with Gasteiger partial charge in [-0.25, -0.2) is 0 Å². The SMILES string of the molecule is CCCN1C(=O)C(C#N)(CC(OC(C)=O)(c2ccccc2)c2ccccc2)CC1(c1ccccc1)c1ccccc1. The number of nitrogens with zero attached hydrogens (tertiary/aromatic N) is 2. The number of carbonyl (C=O) groups excluding carboxylic acids is 2. The summed E-state index contributed by atoms with van der Waals surface area (Å²) in [5, 5.41) is 11.1. The minimum Gasteiger partial charge on any atom is -0.449 e. The van der Waals surface area contributed by atoms with E-state index in [1.165, 1.54) is 6.92 Å². The first kappa shape index (κ1) is 27.9. The zero-order chi connectivity index (χ0) is 28.9. The molecule has 1 fully saturated rings. The van der Waals surface area contributed by atoms with E-state index >= 15 is 0 Å². The third kappa shape index (κ3) is 4.80. The molecule has 1 saturated heterocycles. The second kappa shape index (κ2) is 11.4. The molecule has 0 saturated carbocycles. The Morgan fingerprint density at radius 3 is 1.66 bits per heavy atom. The molecule has 4 aromatic carbocycles. The van der Waals surface area contributed by atoms with E-state index in [2.05, 4.69) is 6.07 Å². The van der Waals surface area contributed by atoms with E-state index < -0.39 is 22.5 Å². The van der Waals surface area contributed by atoms with Crippen LogP contribution in [0.5, 0.6) is 0 Å². The van der Waals surface area contributed by atoms with Crippen molar-refractivity contribution < 1.29 is 14.3 Å². The molecule has 0 radical (unpaired) electrons. The highest BCUT2D eigenvalue weighted by molar-refractivity contribution is 5.90.